The number of hydrogen-bond acceptors (Lipinski definition) is 5. The highest BCUT2D eigenvalue weighted by molar-refractivity contribution is 5.92. The highest BCUT2D eigenvalue weighted by Crippen LogP contribution is 2.03. The highest BCUT2D eigenvalue weighted by atomic mass is 16.2. The molecule has 0 unspecified atom stereocenters. The van der Waals surface area contributed by atoms with Crippen LogP contribution in [0.1, 0.15) is 47.0 Å². The van der Waals surface area contributed by atoms with Gasteiger partial charge in [0.05, 0.1) is 12.6 Å². The van der Waals surface area contributed by atoms with Crippen LogP contribution in [0, 0.1) is 5.92 Å². The van der Waals surface area contributed by atoms with Gasteiger partial charge in [0.2, 0.25) is 23.6 Å². The van der Waals surface area contributed by atoms with E-state index >= 15 is 0 Å². The van der Waals surface area contributed by atoms with E-state index in [0.717, 1.165) is 0 Å². The summed E-state index contributed by atoms with van der Waals surface area (Å²) in [6.45, 7) is 6.33. The first kappa shape index (κ1) is 24.6. The predicted molar refractivity (Wildman–Crippen MR) is 101 cm³/mol. The molecule has 27 heavy (non-hydrogen) atoms. The zero-order valence-electron chi connectivity index (χ0n) is 17.0. The molecule has 0 aliphatic rings. The standard InChI is InChI=1S/C18H32N4O5/c1-7-14(24)20-13(8-9-16(26)22(5)6)18(27)19-10-15(25)21-17(11(2)3)12(4)23/h11,13,17H,7-10H2,1-6H3,(H,19,27)(H,20,24)(H,21,25)/t13-,17-/m0/s1. The lowest BCUT2D eigenvalue weighted by Gasteiger charge is -2.21. The summed E-state index contributed by atoms with van der Waals surface area (Å²) in [6.07, 6.45) is 0.403. The molecule has 0 aliphatic carbocycles. The van der Waals surface area contributed by atoms with Crippen molar-refractivity contribution in [1.82, 2.24) is 20.9 Å². The Morgan fingerprint density at radius 2 is 1.56 bits per heavy atom. The molecule has 4 amide bonds. The number of nitrogens with zero attached hydrogens (tertiary/aromatic N) is 1. The van der Waals surface area contributed by atoms with Crippen molar-refractivity contribution in [1.29, 1.82) is 0 Å². The summed E-state index contributed by atoms with van der Waals surface area (Å²) in [5.74, 6) is -1.79. The monoisotopic (exact) mass is 384 g/mol. The predicted octanol–water partition coefficient (Wildman–Crippen LogP) is -0.404. The second-order valence-corrected chi connectivity index (χ2v) is 6.92. The van der Waals surface area contributed by atoms with Gasteiger partial charge in [0.1, 0.15) is 6.04 Å². The molecule has 0 aromatic heterocycles. The van der Waals surface area contributed by atoms with Gasteiger partial charge in [-0.05, 0) is 19.3 Å². The van der Waals surface area contributed by atoms with Crippen LogP contribution in [0.2, 0.25) is 0 Å². The number of nitrogens with one attached hydrogen (secondary N) is 3. The normalized spacial score (nSPS) is 12.7. The molecular formula is C18H32N4O5. The van der Waals surface area contributed by atoms with Gasteiger partial charge in [0.25, 0.3) is 0 Å². The molecule has 154 valence electrons. The van der Waals surface area contributed by atoms with Crippen molar-refractivity contribution in [2.24, 2.45) is 5.92 Å². The van der Waals surface area contributed by atoms with Crippen molar-refractivity contribution in [2.75, 3.05) is 20.6 Å². The van der Waals surface area contributed by atoms with Crippen molar-refractivity contribution in [3.05, 3.63) is 0 Å². The number of carbonyl (C=O) groups is 5. The lowest BCUT2D eigenvalue weighted by atomic mass is 10.0. The van der Waals surface area contributed by atoms with Crippen LogP contribution in [0.15, 0.2) is 0 Å². The lowest BCUT2D eigenvalue weighted by Crippen LogP contribution is -2.51. The first-order chi connectivity index (χ1) is 12.5. The summed E-state index contributed by atoms with van der Waals surface area (Å²) in [4.78, 5) is 60.6. The quantitative estimate of drug-likeness (QED) is 0.447. The number of carbonyl (C=O) groups excluding carboxylic acids is 5. The van der Waals surface area contributed by atoms with Gasteiger partial charge in [0, 0.05) is 26.9 Å². The number of Topliss-reactive ketones (excluding diaryl/α,β-unsaturated/α-hetero) is 1. The fourth-order valence-corrected chi connectivity index (χ4v) is 2.31. The topological polar surface area (TPSA) is 125 Å². The van der Waals surface area contributed by atoms with Gasteiger partial charge < -0.3 is 20.9 Å². The van der Waals surface area contributed by atoms with Gasteiger partial charge in [0.15, 0.2) is 5.78 Å². The number of amides is 4. The minimum Gasteiger partial charge on any atom is -0.349 e. The first-order valence-corrected chi connectivity index (χ1v) is 9.06. The van der Waals surface area contributed by atoms with Crippen LogP contribution in [0.5, 0.6) is 0 Å². The van der Waals surface area contributed by atoms with E-state index in [1.54, 1.807) is 21.0 Å². The van der Waals surface area contributed by atoms with Gasteiger partial charge in [-0.1, -0.05) is 20.8 Å². The Morgan fingerprint density at radius 1 is 0.963 bits per heavy atom. The van der Waals surface area contributed by atoms with E-state index in [-0.39, 0.29) is 49.3 Å². The minimum absolute atomic E-state index is 0.0733. The fourth-order valence-electron chi connectivity index (χ4n) is 2.31. The zero-order chi connectivity index (χ0) is 21.1. The third-order valence-corrected chi connectivity index (χ3v) is 3.96. The molecule has 0 rings (SSSR count). The lowest BCUT2D eigenvalue weighted by molar-refractivity contribution is -0.132. The van der Waals surface area contributed by atoms with Crippen LogP contribution in [0.4, 0.5) is 0 Å². The molecule has 0 bridgehead atoms. The van der Waals surface area contributed by atoms with Crippen molar-refractivity contribution in [2.45, 2.75) is 59.0 Å². The van der Waals surface area contributed by atoms with Gasteiger partial charge in [-0.2, -0.15) is 0 Å². The summed E-state index contributed by atoms with van der Waals surface area (Å²) in [5.41, 5.74) is 0. The van der Waals surface area contributed by atoms with E-state index in [4.69, 9.17) is 0 Å². The molecule has 9 nitrogen and oxygen atoms in total. The Labute approximate surface area is 160 Å². The van der Waals surface area contributed by atoms with E-state index in [9.17, 15) is 24.0 Å². The fraction of sp³-hybridized carbons (Fsp3) is 0.722. The zero-order valence-corrected chi connectivity index (χ0v) is 17.0. The molecule has 0 spiro atoms. The van der Waals surface area contributed by atoms with Gasteiger partial charge in [-0.25, -0.2) is 0 Å². The summed E-state index contributed by atoms with van der Waals surface area (Å²) in [7, 11) is 3.21. The van der Waals surface area contributed by atoms with E-state index in [0.29, 0.717) is 0 Å². The largest absolute Gasteiger partial charge is 0.349 e. The van der Waals surface area contributed by atoms with Crippen LogP contribution in [-0.2, 0) is 24.0 Å². The van der Waals surface area contributed by atoms with Gasteiger partial charge in [-0.3, -0.25) is 24.0 Å². The van der Waals surface area contributed by atoms with E-state index in [2.05, 4.69) is 16.0 Å². The Morgan fingerprint density at radius 3 is 2.00 bits per heavy atom. The van der Waals surface area contributed by atoms with Crippen LogP contribution < -0.4 is 16.0 Å². The summed E-state index contributed by atoms with van der Waals surface area (Å²) in [5, 5.41) is 7.58. The third-order valence-electron chi connectivity index (χ3n) is 3.96. The minimum atomic E-state index is -0.914. The summed E-state index contributed by atoms with van der Waals surface area (Å²) in [6, 6.07) is -1.54. The number of ketones is 1. The van der Waals surface area contributed by atoms with E-state index in [1.807, 2.05) is 13.8 Å². The Hall–Kier alpha value is -2.45. The molecule has 0 saturated heterocycles. The van der Waals surface area contributed by atoms with Crippen molar-refractivity contribution in [3.63, 3.8) is 0 Å². The molecule has 3 N–H and O–H groups in total. The van der Waals surface area contributed by atoms with Gasteiger partial charge >= 0.3 is 0 Å². The molecule has 0 fully saturated rings. The molecule has 2 atom stereocenters. The Balaban J connectivity index is 4.77. The molecule has 0 aromatic rings. The second kappa shape index (κ2) is 12.0. The molecule has 0 radical (unpaired) electrons. The molecule has 0 aromatic carbocycles. The molecule has 9 heteroatoms. The van der Waals surface area contributed by atoms with Crippen molar-refractivity contribution < 1.29 is 24.0 Å². The molecule has 0 saturated carbocycles. The maximum Gasteiger partial charge on any atom is 0.243 e. The maximum absolute atomic E-state index is 12.3. The average Bonchev–Trinajstić information content (AvgIpc) is 2.59. The number of hydrogen-bond donors (Lipinski definition) is 3. The molecule has 0 aliphatic heterocycles. The first-order valence-electron chi connectivity index (χ1n) is 9.06. The van der Waals surface area contributed by atoms with Crippen molar-refractivity contribution in [3.8, 4) is 0 Å². The Bertz CT molecular complexity index is 560. The van der Waals surface area contributed by atoms with Gasteiger partial charge in [-0.15, -0.1) is 0 Å². The summed E-state index contributed by atoms with van der Waals surface area (Å²) >= 11 is 0. The maximum atomic E-state index is 12.3. The van der Waals surface area contributed by atoms with E-state index in [1.165, 1.54) is 11.8 Å². The van der Waals surface area contributed by atoms with Crippen LogP contribution in [0.3, 0.4) is 0 Å². The van der Waals surface area contributed by atoms with E-state index < -0.39 is 23.9 Å². The number of rotatable bonds is 11. The van der Waals surface area contributed by atoms with Crippen LogP contribution >= 0.6 is 0 Å². The third kappa shape index (κ3) is 9.72. The Kier molecular flexibility index (Phi) is 10.9. The average molecular weight is 384 g/mol. The molecule has 0 heterocycles. The highest BCUT2D eigenvalue weighted by Gasteiger charge is 2.24. The second-order valence-electron chi connectivity index (χ2n) is 6.92. The smallest absolute Gasteiger partial charge is 0.243 e. The molecular weight excluding hydrogens is 352 g/mol. The SMILES string of the molecule is CCC(=O)N[C@@H](CCC(=O)N(C)C)C(=O)NCC(=O)N[C@H](C(C)=O)C(C)C. The van der Waals surface area contributed by atoms with Crippen LogP contribution in [-0.4, -0.2) is 67.0 Å². The van der Waals surface area contributed by atoms with Crippen LogP contribution in [0.25, 0.3) is 0 Å². The van der Waals surface area contributed by atoms with Crippen molar-refractivity contribution >= 4 is 29.4 Å². The summed E-state index contributed by atoms with van der Waals surface area (Å²) < 4.78 is 0.